The van der Waals surface area contributed by atoms with Crippen molar-refractivity contribution < 1.29 is 13.2 Å². The third-order valence-corrected chi connectivity index (χ3v) is 5.07. The van der Waals surface area contributed by atoms with Gasteiger partial charge < -0.3 is 0 Å². The number of halogens is 3. The second kappa shape index (κ2) is 8.93. The summed E-state index contributed by atoms with van der Waals surface area (Å²) in [6.07, 6.45) is 2.94. The number of hydrogen-bond acceptors (Lipinski definition) is 0. The summed E-state index contributed by atoms with van der Waals surface area (Å²) in [6.45, 7) is 3.63. The van der Waals surface area contributed by atoms with Crippen LogP contribution in [0.5, 0.6) is 0 Å². The zero-order chi connectivity index (χ0) is 21.8. The lowest BCUT2D eigenvalue weighted by molar-refractivity contribution is 0.586. The molecule has 0 heterocycles. The molecule has 0 aliphatic rings. The van der Waals surface area contributed by atoms with Crippen molar-refractivity contribution in [2.45, 2.75) is 12.8 Å². The largest absolute Gasteiger partial charge is 0.207 e. The summed E-state index contributed by atoms with van der Waals surface area (Å²) in [5.74, 6) is 4.70. The first kappa shape index (κ1) is 20.5. The molecule has 0 N–H and O–H groups in total. The van der Waals surface area contributed by atoms with Crippen molar-refractivity contribution in [3.8, 4) is 23.0 Å². The predicted molar refractivity (Wildman–Crippen MR) is 120 cm³/mol. The maximum absolute atomic E-state index is 14.5. The van der Waals surface area contributed by atoms with Gasteiger partial charge in [0, 0.05) is 11.1 Å². The highest BCUT2D eigenvalue weighted by molar-refractivity contribution is 5.84. The monoisotopic (exact) mass is 412 g/mol. The third-order valence-electron chi connectivity index (χ3n) is 5.07. The van der Waals surface area contributed by atoms with Crippen LogP contribution >= 0.6 is 0 Å². The van der Waals surface area contributed by atoms with Crippen LogP contribution in [0.25, 0.3) is 21.9 Å². The molecule has 0 saturated carbocycles. The predicted octanol–water partition coefficient (Wildman–Crippen LogP) is 7.44. The van der Waals surface area contributed by atoms with E-state index in [-0.39, 0.29) is 11.4 Å². The average molecular weight is 412 g/mol. The Kier molecular flexibility index (Phi) is 5.91. The van der Waals surface area contributed by atoms with Crippen molar-refractivity contribution in [3.63, 3.8) is 0 Å². The minimum Gasteiger partial charge on any atom is -0.207 e. The van der Waals surface area contributed by atoms with Crippen LogP contribution in [-0.2, 0) is 6.42 Å². The Morgan fingerprint density at radius 1 is 0.710 bits per heavy atom. The molecule has 0 nitrogen and oxygen atoms in total. The van der Waals surface area contributed by atoms with E-state index in [1.807, 2.05) is 18.2 Å². The Bertz CT molecular complexity index is 1300. The maximum atomic E-state index is 14.5. The van der Waals surface area contributed by atoms with E-state index in [1.54, 1.807) is 36.4 Å². The fourth-order valence-electron chi connectivity index (χ4n) is 3.47. The summed E-state index contributed by atoms with van der Waals surface area (Å²) < 4.78 is 42.4. The molecule has 0 aromatic heterocycles. The van der Waals surface area contributed by atoms with Crippen molar-refractivity contribution >= 4 is 10.8 Å². The standard InChI is InChI=1S/C28H19F3/c1-2-3-4-21-16-26(30)28(27(31)17-21)22-10-7-19(8-11-22)5-6-20-9-12-24-18-25(29)14-13-23(24)15-20/h2,7-18H,1,3-4H2. The van der Waals surface area contributed by atoms with E-state index in [2.05, 4.69) is 18.4 Å². The van der Waals surface area contributed by atoms with Crippen LogP contribution < -0.4 is 0 Å². The fraction of sp³-hybridized carbons (Fsp3) is 0.0714. The van der Waals surface area contributed by atoms with E-state index in [1.165, 1.54) is 24.3 Å². The van der Waals surface area contributed by atoms with Gasteiger partial charge in [-0.2, -0.15) is 0 Å². The number of hydrogen-bond donors (Lipinski definition) is 0. The van der Waals surface area contributed by atoms with Crippen molar-refractivity contribution in [1.82, 2.24) is 0 Å². The van der Waals surface area contributed by atoms with Crippen molar-refractivity contribution in [2.24, 2.45) is 0 Å². The number of rotatable bonds is 4. The number of benzene rings is 4. The van der Waals surface area contributed by atoms with Crippen LogP contribution in [0.15, 0.2) is 85.5 Å². The Balaban J connectivity index is 1.57. The van der Waals surface area contributed by atoms with Gasteiger partial charge in [0.25, 0.3) is 0 Å². The summed E-state index contributed by atoms with van der Waals surface area (Å²) in [5.41, 5.74) is 2.56. The second-order valence-electron chi connectivity index (χ2n) is 7.30. The average Bonchev–Trinajstić information content (AvgIpc) is 2.76. The van der Waals surface area contributed by atoms with Gasteiger partial charge >= 0.3 is 0 Å². The van der Waals surface area contributed by atoms with Gasteiger partial charge in [-0.25, -0.2) is 13.2 Å². The van der Waals surface area contributed by atoms with Crippen molar-refractivity contribution in [3.05, 3.63) is 120 Å². The highest BCUT2D eigenvalue weighted by Crippen LogP contribution is 2.28. The van der Waals surface area contributed by atoms with E-state index in [9.17, 15) is 13.2 Å². The van der Waals surface area contributed by atoms with Gasteiger partial charge in [-0.1, -0.05) is 42.2 Å². The van der Waals surface area contributed by atoms with E-state index in [0.717, 1.165) is 21.9 Å². The molecule has 3 heteroatoms. The Hall–Kier alpha value is -3.77. The molecule has 4 rings (SSSR count). The van der Waals surface area contributed by atoms with E-state index < -0.39 is 11.6 Å². The van der Waals surface area contributed by atoms with Crippen LogP contribution in [0, 0.1) is 29.3 Å². The maximum Gasteiger partial charge on any atom is 0.134 e. The van der Waals surface area contributed by atoms with Crippen molar-refractivity contribution in [1.29, 1.82) is 0 Å². The van der Waals surface area contributed by atoms with Gasteiger partial charge in [0.1, 0.15) is 17.5 Å². The van der Waals surface area contributed by atoms with Gasteiger partial charge in [0.2, 0.25) is 0 Å². The molecule has 0 saturated heterocycles. The van der Waals surface area contributed by atoms with E-state index in [4.69, 9.17) is 0 Å². The fourth-order valence-corrected chi connectivity index (χ4v) is 3.47. The highest BCUT2D eigenvalue weighted by atomic mass is 19.1. The van der Waals surface area contributed by atoms with Crippen LogP contribution in [0.2, 0.25) is 0 Å². The molecule has 4 aromatic rings. The Morgan fingerprint density at radius 3 is 2.03 bits per heavy atom. The first-order valence-corrected chi connectivity index (χ1v) is 9.94. The zero-order valence-electron chi connectivity index (χ0n) is 16.8. The number of aryl methyl sites for hydroxylation is 1. The Labute approximate surface area is 179 Å². The summed E-state index contributed by atoms with van der Waals surface area (Å²) in [6, 6.07) is 19.7. The number of fused-ring (bicyclic) bond motifs is 1. The lowest BCUT2D eigenvalue weighted by atomic mass is 9.99. The second-order valence-corrected chi connectivity index (χ2v) is 7.30. The minimum absolute atomic E-state index is 0.0383. The van der Waals surface area contributed by atoms with Crippen LogP contribution in [0.3, 0.4) is 0 Å². The Morgan fingerprint density at radius 2 is 1.32 bits per heavy atom. The minimum atomic E-state index is -0.578. The van der Waals surface area contributed by atoms with Crippen molar-refractivity contribution in [2.75, 3.05) is 0 Å². The molecule has 0 bridgehead atoms. The van der Waals surface area contributed by atoms with Gasteiger partial charge in [-0.15, -0.1) is 6.58 Å². The molecular formula is C28H19F3. The van der Waals surface area contributed by atoms with E-state index in [0.29, 0.717) is 24.0 Å². The summed E-state index contributed by atoms with van der Waals surface area (Å²) in [4.78, 5) is 0. The lowest BCUT2D eigenvalue weighted by Gasteiger charge is -2.08. The molecule has 0 fully saturated rings. The molecule has 4 aromatic carbocycles. The molecule has 31 heavy (non-hydrogen) atoms. The quantitative estimate of drug-likeness (QED) is 0.241. The summed E-state index contributed by atoms with van der Waals surface area (Å²) in [7, 11) is 0. The summed E-state index contributed by atoms with van der Waals surface area (Å²) in [5, 5.41) is 1.72. The van der Waals surface area contributed by atoms with Crippen LogP contribution in [-0.4, -0.2) is 0 Å². The molecule has 0 amide bonds. The molecule has 0 radical (unpaired) electrons. The molecule has 0 atom stereocenters. The third kappa shape index (κ3) is 4.70. The van der Waals surface area contributed by atoms with Gasteiger partial charge in [-0.3, -0.25) is 0 Å². The molecule has 0 aliphatic carbocycles. The smallest absolute Gasteiger partial charge is 0.134 e. The first-order valence-electron chi connectivity index (χ1n) is 9.94. The van der Waals surface area contributed by atoms with E-state index >= 15 is 0 Å². The topological polar surface area (TPSA) is 0 Å². The first-order chi connectivity index (χ1) is 15.0. The highest BCUT2D eigenvalue weighted by Gasteiger charge is 2.13. The van der Waals surface area contributed by atoms with Gasteiger partial charge in [0.15, 0.2) is 0 Å². The number of allylic oxidation sites excluding steroid dienone is 1. The van der Waals surface area contributed by atoms with Gasteiger partial charge in [-0.05, 0) is 83.3 Å². The SMILES string of the molecule is C=CCCc1cc(F)c(-c2ccc(C#Cc3ccc4cc(F)ccc4c3)cc2)c(F)c1. The lowest BCUT2D eigenvalue weighted by Crippen LogP contribution is -1.95. The molecule has 0 aliphatic heterocycles. The summed E-state index contributed by atoms with van der Waals surface area (Å²) >= 11 is 0. The molecule has 0 unspecified atom stereocenters. The molecular weight excluding hydrogens is 393 g/mol. The van der Waals surface area contributed by atoms with Gasteiger partial charge in [0.05, 0.1) is 5.56 Å². The van der Waals surface area contributed by atoms with Crippen LogP contribution in [0.1, 0.15) is 23.1 Å². The zero-order valence-corrected chi connectivity index (χ0v) is 16.8. The van der Waals surface area contributed by atoms with Crippen LogP contribution in [0.4, 0.5) is 13.2 Å². The normalized spacial score (nSPS) is 10.5. The molecule has 152 valence electrons. The molecule has 0 spiro atoms.